The van der Waals surface area contributed by atoms with Crippen molar-refractivity contribution in [2.75, 3.05) is 0 Å². The van der Waals surface area contributed by atoms with Crippen LogP contribution >= 0.6 is 0 Å². The molecule has 5 nitrogen and oxygen atoms in total. The average Bonchev–Trinajstić information content (AvgIpc) is 2.16. The SMILES string of the molecule is C[C@@H](O)[C@@H](N)c1cc([N+](=O)[O-])ccc1F. The maximum atomic E-state index is 13.2. The molecule has 0 bridgehead atoms. The molecule has 1 aromatic carbocycles. The van der Waals surface area contributed by atoms with Crippen LogP contribution in [0, 0.1) is 15.9 Å². The summed E-state index contributed by atoms with van der Waals surface area (Å²) in [7, 11) is 0. The number of aliphatic hydroxyl groups excluding tert-OH is 1. The van der Waals surface area contributed by atoms with Crippen LogP contribution in [0.15, 0.2) is 18.2 Å². The first kappa shape index (κ1) is 11.5. The molecule has 0 fully saturated rings. The molecule has 0 aromatic heterocycles. The topological polar surface area (TPSA) is 89.4 Å². The van der Waals surface area contributed by atoms with E-state index in [1.165, 1.54) is 6.92 Å². The fraction of sp³-hybridized carbons (Fsp3) is 0.333. The number of nitrogens with two attached hydrogens (primary N) is 1. The summed E-state index contributed by atoms with van der Waals surface area (Å²) in [5.74, 6) is -0.658. The Morgan fingerprint density at radius 1 is 1.60 bits per heavy atom. The Kier molecular flexibility index (Phi) is 3.33. The summed E-state index contributed by atoms with van der Waals surface area (Å²) in [5, 5.41) is 19.6. The molecule has 0 radical (unpaired) electrons. The van der Waals surface area contributed by atoms with E-state index in [1.807, 2.05) is 0 Å². The maximum absolute atomic E-state index is 13.2. The van der Waals surface area contributed by atoms with E-state index in [2.05, 4.69) is 0 Å². The smallest absolute Gasteiger partial charge is 0.269 e. The van der Waals surface area contributed by atoms with Crippen molar-refractivity contribution in [2.24, 2.45) is 5.73 Å². The molecule has 1 rings (SSSR count). The minimum atomic E-state index is -0.971. The zero-order valence-electron chi connectivity index (χ0n) is 8.05. The number of nitro benzene ring substituents is 1. The molecule has 15 heavy (non-hydrogen) atoms. The van der Waals surface area contributed by atoms with Crippen molar-refractivity contribution < 1.29 is 14.4 Å². The lowest BCUT2D eigenvalue weighted by atomic mass is 10.0. The van der Waals surface area contributed by atoms with Crippen LogP contribution in [0.3, 0.4) is 0 Å². The number of halogens is 1. The molecular formula is C9H11FN2O3. The summed E-state index contributed by atoms with van der Waals surface area (Å²) in [5.41, 5.74) is 5.19. The average molecular weight is 214 g/mol. The lowest BCUT2D eigenvalue weighted by Gasteiger charge is -2.15. The molecule has 0 heterocycles. The number of hydrogen-bond donors (Lipinski definition) is 2. The highest BCUT2D eigenvalue weighted by Gasteiger charge is 2.19. The van der Waals surface area contributed by atoms with E-state index < -0.39 is 22.9 Å². The van der Waals surface area contributed by atoms with Gasteiger partial charge in [-0.1, -0.05) is 0 Å². The lowest BCUT2D eigenvalue weighted by molar-refractivity contribution is -0.385. The van der Waals surface area contributed by atoms with Crippen molar-refractivity contribution in [1.82, 2.24) is 0 Å². The Balaban J connectivity index is 3.16. The van der Waals surface area contributed by atoms with Crippen molar-refractivity contribution in [3.63, 3.8) is 0 Å². The minimum Gasteiger partial charge on any atom is -0.391 e. The van der Waals surface area contributed by atoms with E-state index in [-0.39, 0.29) is 11.3 Å². The van der Waals surface area contributed by atoms with Crippen molar-refractivity contribution in [3.8, 4) is 0 Å². The second-order valence-corrected chi connectivity index (χ2v) is 3.23. The van der Waals surface area contributed by atoms with Gasteiger partial charge in [0.25, 0.3) is 5.69 Å². The van der Waals surface area contributed by atoms with Crippen LogP contribution in [0.5, 0.6) is 0 Å². The number of hydrogen-bond acceptors (Lipinski definition) is 4. The molecule has 2 atom stereocenters. The van der Waals surface area contributed by atoms with Crippen LogP contribution in [-0.4, -0.2) is 16.1 Å². The summed E-state index contributed by atoms with van der Waals surface area (Å²) in [6.07, 6.45) is -0.971. The number of nitro groups is 1. The molecule has 0 amide bonds. The van der Waals surface area contributed by atoms with E-state index in [0.717, 1.165) is 18.2 Å². The fourth-order valence-corrected chi connectivity index (χ4v) is 1.16. The van der Waals surface area contributed by atoms with Gasteiger partial charge in [-0.25, -0.2) is 4.39 Å². The molecule has 0 aliphatic heterocycles. The Morgan fingerprint density at radius 2 is 2.20 bits per heavy atom. The van der Waals surface area contributed by atoms with Crippen molar-refractivity contribution in [1.29, 1.82) is 0 Å². The largest absolute Gasteiger partial charge is 0.391 e. The van der Waals surface area contributed by atoms with Crippen molar-refractivity contribution >= 4 is 5.69 Å². The Labute approximate surface area is 85.5 Å². The molecule has 0 saturated heterocycles. The van der Waals surface area contributed by atoms with Gasteiger partial charge in [-0.15, -0.1) is 0 Å². The molecule has 1 aromatic rings. The molecule has 0 spiro atoms. The highest BCUT2D eigenvalue weighted by molar-refractivity contribution is 5.37. The minimum absolute atomic E-state index is 0.0563. The van der Waals surface area contributed by atoms with E-state index in [4.69, 9.17) is 10.8 Å². The Bertz CT molecular complexity index is 382. The number of benzene rings is 1. The zero-order valence-corrected chi connectivity index (χ0v) is 8.05. The quantitative estimate of drug-likeness (QED) is 0.582. The van der Waals surface area contributed by atoms with Gasteiger partial charge in [0, 0.05) is 17.7 Å². The normalized spacial score (nSPS) is 14.7. The van der Waals surface area contributed by atoms with Gasteiger partial charge in [-0.2, -0.15) is 0 Å². The third kappa shape index (κ3) is 2.48. The van der Waals surface area contributed by atoms with E-state index >= 15 is 0 Å². The van der Waals surface area contributed by atoms with Crippen LogP contribution in [-0.2, 0) is 0 Å². The first-order valence-corrected chi connectivity index (χ1v) is 4.31. The second kappa shape index (κ2) is 4.33. The lowest BCUT2D eigenvalue weighted by Crippen LogP contribution is -2.24. The predicted octanol–water partition coefficient (Wildman–Crippen LogP) is 1.11. The predicted molar refractivity (Wildman–Crippen MR) is 51.7 cm³/mol. The molecule has 3 N–H and O–H groups in total. The number of nitrogens with zero attached hydrogens (tertiary/aromatic N) is 1. The van der Waals surface area contributed by atoms with Gasteiger partial charge in [0.15, 0.2) is 0 Å². The van der Waals surface area contributed by atoms with Crippen molar-refractivity contribution in [3.05, 3.63) is 39.7 Å². The van der Waals surface area contributed by atoms with Crippen LogP contribution in [0.2, 0.25) is 0 Å². The first-order chi connectivity index (χ1) is 6.93. The van der Waals surface area contributed by atoms with Gasteiger partial charge < -0.3 is 10.8 Å². The van der Waals surface area contributed by atoms with Gasteiger partial charge >= 0.3 is 0 Å². The molecule has 0 saturated carbocycles. The number of rotatable bonds is 3. The van der Waals surface area contributed by atoms with Gasteiger partial charge in [0.1, 0.15) is 5.82 Å². The third-order valence-electron chi connectivity index (χ3n) is 2.07. The van der Waals surface area contributed by atoms with Gasteiger partial charge in [0.2, 0.25) is 0 Å². The molecular weight excluding hydrogens is 203 g/mol. The highest BCUT2D eigenvalue weighted by atomic mass is 19.1. The molecule has 0 aliphatic rings. The standard InChI is InChI=1S/C9H11FN2O3/c1-5(13)9(11)7-4-6(12(14)15)2-3-8(7)10/h2-5,9,13H,11H2,1H3/t5-,9-/m1/s1. The number of aliphatic hydroxyl groups is 1. The van der Waals surface area contributed by atoms with Crippen molar-refractivity contribution in [2.45, 2.75) is 19.1 Å². The van der Waals surface area contributed by atoms with E-state index in [0.29, 0.717) is 0 Å². The summed E-state index contributed by atoms with van der Waals surface area (Å²) in [6, 6.07) is 2.08. The van der Waals surface area contributed by atoms with Crippen LogP contribution < -0.4 is 5.73 Å². The Hall–Kier alpha value is -1.53. The highest BCUT2D eigenvalue weighted by Crippen LogP contribution is 2.23. The summed E-state index contributed by atoms with van der Waals surface area (Å²) in [4.78, 5) is 9.80. The first-order valence-electron chi connectivity index (χ1n) is 4.31. The van der Waals surface area contributed by atoms with Crippen LogP contribution in [0.4, 0.5) is 10.1 Å². The van der Waals surface area contributed by atoms with E-state index in [1.54, 1.807) is 0 Å². The summed E-state index contributed by atoms with van der Waals surface area (Å²) < 4.78 is 13.2. The fourth-order valence-electron chi connectivity index (χ4n) is 1.16. The van der Waals surface area contributed by atoms with E-state index in [9.17, 15) is 14.5 Å². The second-order valence-electron chi connectivity index (χ2n) is 3.23. The molecule has 0 unspecified atom stereocenters. The third-order valence-corrected chi connectivity index (χ3v) is 2.07. The molecule has 6 heteroatoms. The summed E-state index contributed by atoms with van der Waals surface area (Å²) in [6.45, 7) is 1.39. The number of non-ortho nitro benzene ring substituents is 1. The molecule has 82 valence electrons. The molecule has 0 aliphatic carbocycles. The maximum Gasteiger partial charge on any atom is 0.269 e. The van der Waals surface area contributed by atoms with Gasteiger partial charge in [0.05, 0.1) is 17.1 Å². The zero-order chi connectivity index (χ0) is 11.6. The van der Waals surface area contributed by atoms with Crippen LogP contribution in [0.25, 0.3) is 0 Å². The van der Waals surface area contributed by atoms with Crippen LogP contribution in [0.1, 0.15) is 18.5 Å². The monoisotopic (exact) mass is 214 g/mol. The Morgan fingerprint density at radius 3 is 2.67 bits per heavy atom. The summed E-state index contributed by atoms with van der Waals surface area (Å²) >= 11 is 0. The van der Waals surface area contributed by atoms with Gasteiger partial charge in [-0.3, -0.25) is 10.1 Å². The van der Waals surface area contributed by atoms with Gasteiger partial charge in [-0.05, 0) is 13.0 Å².